The van der Waals surface area contributed by atoms with E-state index in [4.69, 9.17) is 0 Å². The number of rotatable bonds is 1. The van der Waals surface area contributed by atoms with Crippen LogP contribution in [0.4, 0.5) is 11.4 Å². The second-order valence-corrected chi connectivity index (χ2v) is 5.88. The van der Waals surface area contributed by atoms with Crippen molar-refractivity contribution >= 4 is 11.4 Å². The fraction of sp³-hybridized carbons (Fsp3) is 0.600. The number of likely N-dealkylation sites (N-methyl/N-ethyl adjacent to an activating group) is 2. The number of hydrogen-bond donors (Lipinski definition) is 1. The predicted molar refractivity (Wildman–Crippen MR) is 77.6 cm³/mol. The third kappa shape index (κ3) is 1.69. The first-order chi connectivity index (χ1) is 8.62. The smallest absolute Gasteiger partial charge is 0.0653 e. The standard InChI is InChI=1S/C15H23N3/c1-15(8-5-9-16-15)12-6-4-7-13-14(12)18(3)11-10-17(13)2/h4,6-7,16H,5,8-11H2,1-3H3. The van der Waals surface area contributed by atoms with E-state index in [1.54, 1.807) is 0 Å². The van der Waals surface area contributed by atoms with Gasteiger partial charge in [-0.15, -0.1) is 0 Å². The molecular weight excluding hydrogens is 222 g/mol. The highest BCUT2D eigenvalue weighted by molar-refractivity contribution is 5.77. The van der Waals surface area contributed by atoms with Gasteiger partial charge in [-0.05, 0) is 37.9 Å². The molecule has 1 aromatic carbocycles. The summed E-state index contributed by atoms with van der Waals surface area (Å²) in [6, 6.07) is 6.74. The number of fused-ring (bicyclic) bond motifs is 1. The van der Waals surface area contributed by atoms with Crippen molar-refractivity contribution in [1.82, 2.24) is 5.32 Å². The van der Waals surface area contributed by atoms with Crippen molar-refractivity contribution in [2.45, 2.75) is 25.3 Å². The Bertz CT molecular complexity index is 449. The number of nitrogens with one attached hydrogen (secondary N) is 1. The van der Waals surface area contributed by atoms with E-state index in [2.05, 4.69) is 54.3 Å². The molecule has 3 heteroatoms. The van der Waals surface area contributed by atoms with Crippen LogP contribution in [-0.4, -0.2) is 33.7 Å². The van der Waals surface area contributed by atoms with Crippen molar-refractivity contribution in [1.29, 1.82) is 0 Å². The minimum atomic E-state index is 0.151. The summed E-state index contributed by atoms with van der Waals surface area (Å²) in [5.41, 5.74) is 4.41. The third-order valence-electron chi connectivity index (χ3n) is 4.54. The largest absolute Gasteiger partial charge is 0.371 e. The molecular formula is C15H23N3. The van der Waals surface area contributed by atoms with Crippen LogP contribution in [0.3, 0.4) is 0 Å². The van der Waals surface area contributed by atoms with Crippen LogP contribution in [0.5, 0.6) is 0 Å². The Morgan fingerprint density at radius 1 is 1.17 bits per heavy atom. The first kappa shape index (κ1) is 11.8. The van der Waals surface area contributed by atoms with Crippen LogP contribution in [0.25, 0.3) is 0 Å². The van der Waals surface area contributed by atoms with Gasteiger partial charge in [-0.2, -0.15) is 0 Å². The molecule has 0 radical (unpaired) electrons. The van der Waals surface area contributed by atoms with Gasteiger partial charge in [0.1, 0.15) is 0 Å². The molecule has 2 aliphatic rings. The molecule has 1 aromatic rings. The van der Waals surface area contributed by atoms with Gasteiger partial charge in [-0.3, -0.25) is 0 Å². The summed E-state index contributed by atoms with van der Waals surface area (Å²) >= 11 is 0. The van der Waals surface area contributed by atoms with Gasteiger partial charge in [0.15, 0.2) is 0 Å². The van der Waals surface area contributed by atoms with E-state index in [0.717, 1.165) is 19.6 Å². The lowest BCUT2D eigenvalue weighted by Crippen LogP contribution is -2.41. The van der Waals surface area contributed by atoms with Gasteiger partial charge < -0.3 is 15.1 Å². The van der Waals surface area contributed by atoms with Crippen molar-refractivity contribution in [3.05, 3.63) is 23.8 Å². The number of para-hydroxylation sites is 1. The fourth-order valence-electron chi connectivity index (χ4n) is 3.34. The molecule has 1 saturated heterocycles. The van der Waals surface area contributed by atoms with Crippen LogP contribution in [0, 0.1) is 0 Å². The molecule has 0 aliphatic carbocycles. The fourth-order valence-corrected chi connectivity index (χ4v) is 3.34. The Balaban J connectivity index is 2.13. The van der Waals surface area contributed by atoms with Gasteiger partial charge in [0.25, 0.3) is 0 Å². The number of benzene rings is 1. The van der Waals surface area contributed by atoms with Gasteiger partial charge in [0.2, 0.25) is 0 Å². The van der Waals surface area contributed by atoms with Gasteiger partial charge >= 0.3 is 0 Å². The average Bonchev–Trinajstić information content (AvgIpc) is 2.82. The van der Waals surface area contributed by atoms with Gasteiger partial charge in [-0.25, -0.2) is 0 Å². The molecule has 0 saturated carbocycles. The summed E-state index contributed by atoms with van der Waals surface area (Å²) in [4.78, 5) is 4.78. The van der Waals surface area contributed by atoms with Gasteiger partial charge in [0, 0.05) is 32.7 Å². The van der Waals surface area contributed by atoms with Crippen molar-refractivity contribution in [3.8, 4) is 0 Å². The summed E-state index contributed by atoms with van der Waals surface area (Å²) in [6.45, 7) is 5.70. The maximum atomic E-state index is 3.69. The van der Waals surface area contributed by atoms with Crippen molar-refractivity contribution in [2.24, 2.45) is 0 Å². The molecule has 98 valence electrons. The van der Waals surface area contributed by atoms with E-state index in [0.29, 0.717) is 0 Å². The zero-order valence-electron chi connectivity index (χ0n) is 11.7. The van der Waals surface area contributed by atoms with E-state index < -0.39 is 0 Å². The van der Waals surface area contributed by atoms with E-state index in [1.165, 1.54) is 29.8 Å². The Kier molecular flexibility index (Phi) is 2.74. The zero-order valence-corrected chi connectivity index (χ0v) is 11.7. The van der Waals surface area contributed by atoms with Crippen LogP contribution in [0.1, 0.15) is 25.3 Å². The summed E-state index contributed by atoms with van der Waals surface area (Å²) in [6.07, 6.45) is 2.51. The lowest BCUT2D eigenvalue weighted by atomic mass is 9.87. The topological polar surface area (TPSA) is 18.5 Å². The first-order valence-corrected chi connectivity index (χ1v) is 6.93. The van der Waals surface area contributed by atoms with Gasteiger partial charge in [-0.1, -0.05) is 12.1 Å². The minimum absolute atomic E-state index is 0.151. The average molecular weight is 245 g/mol. The number of hydrogen-bond acceptors (Lipinski definition) is 3. The Morgan fingerprint density at radius 3 is 2.67 bits per heavy atom. The number of anilines is 2. The molecule has 0 bridgehead atoms. The molecule has 0 amide bonds. The predicted octanol–water partition coefficient (Wildman–Crippen LogP) is 2.17. The quantitative estimate of drug-likeness (QED) is 0.818. The molecule has 1 unspecified atom stereocenters. The molecule has 0 aromatic heterocycles. The summed E-state index contributed by atoms with van der Waals surface area (Å²) in [5.74, 6) is 0. The monoisotopic (exact) mass is 245 g/mol. The summed E-state index contributed by atoms with van der Waals surface area (Å²) < 4.78 is 0. The summed E-state index contributed by atoms with van der Waals surface area (Å²) in [7, 11) is 4.41. The van der Waals surface area contributed by atoms with Crippen LogP contribution < -0.4 is 15.1 Å². The van der Waals surface area contributed by atoms with E-state index in [-0.39, 0.29) is 5.54 Å². The Hall–Kier alpha value is -1.22. The van der Waals surface area contributed by atoms with Crippen molar-refractivity contribution in [2.75, 3.05) is 43.5 Å². The van der Waals surface area contributed by atoms with Gasteiger partial charge in [0.05, 0.1) is 11.4 Å². The molecule has 2 aliphatic heterocycles. The van der Waals surface area contributed by atoms with Crippen LogP contribution in [0.2, 0.25) is 0 Å². The summed E-state index contributed by atoms with van der Waals surface area (Å²) in [5, 5.41) is 3.69. The first-order valence-electron chi connectivity index (χ1n) is 6.93. The molecule has 1 fully saturated rings. The highest BCUT2D eigenvalue weighted by Gasteiger charge is 2.34. The second-order valence-electron chi connectivity index (χ2n) is 5.88. The van der Waals surface area contributed by atoms with E-state index in [1.807, 2.05) is 0 Å². The number of nitrogens with zero attached hydrogens (tertiary/aromatic N) is 2. The van der Waals surface area contributed by atoms with Crippen molar-refractivity contribution in [3.63, 3.8) is 0 Å². The highest BCUT2D eigenvalue weighted by Crippen LogP contribution is 2.42. The molecule has 0 spiro atoms. The molecule has 3 nitrogen and oxygen atoms in total. The maximum Gasteiger partial charge on any atom is 0.0653 e. The van der Waals surface area contributed by atoms with Crippen molar-refractivity contribution < 1.29 is 0 Å². The SMILES string of the molecule is CN1CCN(C)c2c1cccc2C1(C)CCCN1. The normalized spacial score (nSPS) is 27.5. The van der Waals surface area contributed by atoms with Crippen LogP contribution in [0.15, 0.2) is 18.2 Å². The lowest BCUT2D eigenvalue weighted by molar-refractivity contribution is 0.434. The molecule has 1 atom stereocenters. The molecule has 1 N–H and O–H groups in total. The molecule has 2 heterocycles. The Morgan fingerprint density at radius 2 is 1.94 bits per heavy atom. The van der Waals surface area contributed by atoms with E-state index in [9.17, 15) is 0 Å². The molecule has 18 heavy (non-hydrogen) atoms. The molecule has 3 rings (SSSR count). The lowest BCUT2D eigenvalue weighted by Gasteiger charge is -2.39. The third-order valence-corrected chi connectivity index (χ3v) is 4.54. The maximum absolute atomic E-state index is 3.69. The second kappa shape index (κ2) is 4.16. The van der Waals surface area contributed by atoms with Crippen LogP contribution in [-0.2, 0) is 5.54 Å². The Labute approximate surface area is 110 Å². The highest BCUT2D eigenvalue weighted by atomic mass is 15.2. The van der Waals surface area contributed by atoms with Crippen LogP contribution >= 0.6 is 0 Å². The zero-order chi connectivity index (χ0) is 12.8. The minimum Gasteiger partial charge on any atom is -0.371 e. The van der Waals surface area contributed by atoms with E-state index >= 15 is 0 Å².